The van der Waals surface area contributed by atoms with Crippen molar-refractivity contribution in [2.75, 3.05) is 6.54 Å². The van der Waals surface area contributed by atoms with E-state index in [1.807, 2.05) is 13.0 Å². The van der Waals surface area contributed by atoms with Crippen molar-refractivity contribution in [2.45, 2.75) is 39.5 Å². The molecule has 0 radical (unpaired) electrons. The van der Waals surface area contributed by atoms with Gasteiger partial charge in [0, 0.05) is 24.2 Å². The van der Waals surface area contributed by atoms with E-state index >= 15 is 0 Å². The van der Waals surface area contributed by atoms with Gasteiger partial charge in [0.1, 0.15) is 5.82 Å². The van der Waals surface area contributed by atoms with Crippen LogP contribution >= 0.6 is 0 Å². The fourth-order valence-electron chi connectivity index (χ4n) is 1.42. The smallest absolute Gasteiger partial charge is 0.128 e. The lowest BCUT2D eigenvalue weighted by atomic mass is 10.2. The second-order valence-corrected chi connectivity index (χ2v) is 3.56. The summed E-state index contributed by atoms with van der Waals surface area (Å²) in [7, 11) is 0. The second kappa shape index (κ2) is 5.70. The zero-order valence-corrected chi connectivity index (χ0v) is 9.08. The average Bonchev–Trinajstić information content (AvgIpc) is 2.14. The quantitative estimate of drug-likeness (QED) is 0.773. The standard InChI is InChI=1S/C11H19N3/c1-3-4-5-11-13-9(2)8-10(14-11)6-7-12/h8H,3-7,12H2,1-2H3. The molecule has 0 amide bonds. The molecule has 0 bridgehead atoms. The zero-order chi connectivity index (χ0) is 10.4. The lowest BCUT2D eigenvalue weighted by molar-refractivity contribution is 0.735. The molecule has 1 heterocycles. The first-order valence-corrected chi connectivity index (χ1v) is 5.29. The third-order valence-corrected chi connectivity index (χ3v) is 2.11. The van der Waals surface area contributed by atoms with Crippen molar-refractivity contribution < 1.29 is 0 Å². The van der Waals surface area contributed by atoms with Gasteiger partial charge in [0.2, 0.25) is 0 Å². The van der Waals surface area contributed by atoms with Crippen LogP contribution in [0.1, 0.15) is 37.0 Å². The van der Waals surface area contributed by atoms with Gasteiger partial charge in [-0.2, -0.15) is 0 Å². The Morgan fingerprint density at radius 1 is 1.29 bits per heavy atom. The fraction of sp³-hybridized carbons (Fsp3) is 0.636. The summed E-state index contributed by atoms with van der Waals surface area (Å²) in [6.45, 7) is 4.84. The zero-order valence-electron chi connectivity index (χ0n) is 9.08. The van der Waals surface area contributed by atoms with Crippen molar-refractivity contribution in [1.29, 1.82) is 0 Å². The van der Waals surface area contributed by atoms with Crippen LogP contribution in [0, 0.1) is 6.92 Å². The van der Waals surface area contributed by atoms with E-state index in [9.17, 15) is 0 Å². The molecule has 0 spiro atoms. The van der Waals surface area contributed by atoms with E-state index in [4.69, 9.17) is 5.73 Å². The Hall–Kier alpha value is -0.960. The normalized spacial score (nSPS) is 10.5. The van der Waals surface area contributed by atoms with Crippen LogP contribution < -0.4 is 5.73 Å². The van der Waals surface area contributed by atoms with Gasteiger partial charge < -0.3 is 5.73 Å². The van der Waals surface area contributed by atoms with Crippen LogP contribution in [0.4, 0.5) is 0 Å². The summed E-state index contributed by atoms with van der Waals surface area (Å²) in [6, 6.07) is 2.02. The minimum atomic E-state index is 0.656. The Balaban J connectivity index is 2.73. The Kier molecular flexibility index (Phi) is 4.53. The summed E-state index contributed by atoms with van der Waals surface area (Å²) in [6.07, 6.45) is 4.17. The first-order chi connectivity index (χ1) is 6.76. The van der Waals surface area contributed by atoms with Gasteiger partial charge >= 0.3 is 0 Å². The van der Waals surface area contributed by atoms with Crippen LogP contribution in [0.3, 0.4) is 0 Å². The monoisotopic (exact) mass is 193 g/mol. The van der Waals surface area contributed by atoms with Gasteiger partial charge in [-0.05, 0) is 26.0 Å². The molecule has 1 rings (SSSR count). The largest absolute Gasteiger partial charge is 0.330 e. The van der Waals surface area contributed by atoms with Crippen molar-refractivity contribution in [1.82, 2.24) is 9.97 Å². The average molecular weight is 193 g/mol. The number of rotatable bonds is 5. The molecule has 3 heteroatoms. The van der Waals surface area contributed by atoms with Gasteiger partial charge in [0.05, 0.1) is 0 Å². The molecule has 0 aliphatic carbocycles. The molecule has 1 aromatic rings. The van der Waals surface area contributed by atoms with E-state index in [2.05, 4.69) is 16.9 Å². The third kappa shape index (κ3) is 3.42. The molecule has 0 aliphatic rings. The van der Waals surface area contributed by atoms with Crippen LogP contribution in [0.15, 0.2) is 6.07 Å². The number of aryl methyl sites for hydroxylation is 2. The molecule has 0 unspecified atom stereocenters. The van der Waals surface area contributed by atoms with Crippen LogP contribution in [0.5, 0.6) is 0 Å². The molecule has 0 aromatic carbocycles. The molecule has 78 valence electrons. The van der Waals surface area contributed by atoms with E-state index in [1.54, 1.807) is 0 Å². The van der Waals surface area contributed by atoms with Crippen molar-refractivity contribution >= 4 is 0 Å². The van der Waals surface area contributed by atoms with Crippen LogP contribution in [-0.2, 0) is 12.8 Å². The topological polar surface area (TPSA) is 51.8 Å². The lowest BCUT2D eigenvalue weighted by Crippen LogP contribution is -2.07. The highest BCUT2D eigenvalue weighted by Gasteiger charge is 2.01. The first-order valence-electron chi connectivity index (χ1n) is 5.29. The van der Waals surface area contributed by atoms with Gasteiger partial charge in [0.15, 0.2) is 0 Å². The van der Waals surface area contributed by atoms with Crippen molar-refractivity contribution in [3.8, 4) is 0 Å². The summed E-state index contributed by atoms with van der Waals surface area (Å²) < 4.78 is 0. The molecule has 2 N–H and O–H groups in total. The summed E-state index contributed by atoms with van der Waals surface area (Å²) in [4.78, 5) is 8.87. The number of unbranched alkanes of at least 4 members (excludes halogenated alkanes) is 1. The maximum atomic E-state index is 5.50. The molecular formula is C11H19N3. The number of hydrogen-bond donors (Lipinski definition) is 1. The SMILES string of the molecule is CCCCc1nc(C)cc(CCN)n1. The summed E-state index contributed by atoms with van der Waals surface area (Å²) in [5.41, 5.74) is 7.63. The Bertz CT molecular complexity index is 284. The third-order valence-electron chi connectivity index (χ3n) is 2.11. The highest BCUT2D eigenvalue weighted by molar-refractivity contribution is 5.10. The molecule has 0 saturated heterocycles. The van der Waals surface area contributed by atoms with E-state index < -0.39 is 0 Å². The van der Waals surface area contributed by atoms with E-state index in [0.29, 0.717) is 6.54 Å². The van der Waals surface area contributed by atoms with Gasteiger partial charge in [-0.3, -0.25) is 0 Å². The lowest BCUT2D eigenvalue weighted by Gasteiger charge is -2.04. The number of hydrogen-bond acceptors (Lipinski definition) is 3. The van der Waals surface area contributed by atoms with Crippen molar-refractivity contribution in [2.24, 2.45) is 5.73 Å². The number of nitrogens with two attached hydrogens (primary N) is 1. The minimum Gasteiger partial charge on any atom is -0.330 e. The fourth-order valence-corrected chi connectivity index (χ4v) is 1.42. The molecule has 0 atom stereocenters. The minimum absolute atomic E-state index is 0.656. The molecule has 0 aliphatic heterocycles. The first kappa shape index (κ1) is 11.1. The van der Waals surface area contributed by atoms with Crippen LogP contribution in [0.2, 0.25) is 0 Å². The molecule has 14 heavy (non-hydrogen) atoms. The maximum Gasteiger partial charge on any atom is 0.128 e. The van der Waals surface area contributed by atoms with E-state index in [-0.39, 0.29) is 0 Å². The Morgan fingerprint density at radius 3 is 2.71 bits per heavy atom. The number of nitrogens with zero attached hydrogens (tertiary/aromatic N) is 2. The predicted octanol–water partition coefficient (Wildman–Crippen LogP) is 1.63. The highest BCUT2D eigenvalue weighted by Crippen LogP contribution is 2.04. The van der Waals surface area contributed by atoms with Crippen LogP contribution in [-0.4, -0.2) is 16.5 Å². The Morgan fingerprint density at radius 2 is 2.07 bits per heavy atom. The van der Waals surface area contributed by atoms with E-state index in [0.717, 1.165) is 36.5 Å². The summed E-state index contributed by atoms with van der Waals surface area (Å²) >= 11 is 0. The molecule has 0 saturated carbocycles. The van der Waals surface area contributed by atoms with Crippen LogP contribution in [0.25, 0.3) is 0 Å². The van der Waals surface area contributed by atoms with Gasteiger partial charge in [-0.15, -0.1) is 0 Å². The van der Waals surface area contributed by atoms with E-state index in [1.165, 1.54) is 6.42 Å². The highest BCUT2D eigenvalue weighted by atomic mass is 14.9. The predicted molar refractivity (Wildman–Crippen MR) is 58.1 cm³/mol. The van der Waals surface area contributed by atoms with Gasteiger partial charge in [0.25, 0.3) is 0 Å². The van der Waals surface area contributed by atoms with Gasteiger partial charge in [-0.1, -0.05) is 13.3 Å². The molecule has 0 fully saturated rings. The van der Waals surface area contributed by atoms with Gasteiger partial charge in [-0.25, -0.2) is 9.97 Å². The van der Waals surface area contributed by atoms with Crippen molar-refractivity contribution in [3.63, 3.8) is 0 Å². The number of aromatic nitrogens is 2. The summed E-state index contributed by atoms with van der Waals surface area (Å²) in [5.74, 6) is 0.968. The second-order valence-electron chi connectivity index (χ2n) is 3.56. The summed E-state index contributed by atoms with van der Waals surface area (Å²) in [5, 5.41) is 0. The maximum absolute atomic E-state index is 5.50. The molecule has 1 aromatic heterocycles. The molecule has 3 nitrogen and oxygen atoms in total. The van der Waals surface area contributed by atoms with Crippen molar-refractivity contribution in [3.05, 3.63) is 23.3 Å². The molecular weight excluding hydrogens is 174 g/mol. The Labute approximate surface area is 85.8 Å².